The van der Waals surface area contributed by atoms with Crippen molar-refractivity contribution in [2.45, 2.75) is 32.9 Å². The van der Waals surface area contributed by atoms with Crippen LogP contribution in [0.3, 0.4) is 0 Å². The molecule has 11 heteroatoms. The topological polar surface area (TPSA) is 85.3 Å². The maximum atomic E-state index is 12.9. The number of aromatic nitrogens is 2. The van der Waals surface area contributed by atoms with Crippen LogP contribution in [-0.2, 0) is 6.54 Å². The highest BCUT2D eigenvalue weighted by Gasteiger charge is 2.44. The molecule has 2 amide bonds. The molecule has 27 heavy (non-hydrogen) atoms. The van der Waals surface area contributed by atoms with E-state index in [1.54, 1.807) is 11.6 Å². The van der Waals surface area contributed by atoms with Crippen molar-refractivity contribution in [1.82, 2.24) is 20.6 Å². The summed E-state index contributed by atoms with van der Waals surface area (Å²) in [7, 11) is 0. The molecule has 2 N–H and O–H groups in total. The predicted octanol–water partition coefficient (Wildman–Crippen LogP) is 2.52. The maximum Gasteiger partial charge on any atom is 0.461 e. The Balaban J connectivity index is 2.02. The zero-order chi connectivity index (χ0) is 20.2. The Morgan fingerprint density at radius 3 is 2.52 bits per heavy atom. The van der Waals surface area contributed by atoms with Crippen molar-refractivity contribution in [3.63, 3.8) is 0 Å². The number of carbonyl (C=O) groups is 2. The summed E-state index contributed by atoms with van der Waals surface area (Å²) in [6, 6.07) is 4.24. The van der Waals surface area contributed by atoms with Gasteiger partial charge in [-0.15, -0.1) is 0 Å². The standard InChI is InChI=1S/C16H16F4N4O3/c1-3-24-9(2)12(8-21-24)14(26)23-22-13(25)10-5-4-6-11(7-10)27-16(19,20)15(17)18/h4-8,15H,3H2,1-2H3,(H,22,25)(H,23,26). The van der Waals surface area contributed by atoms with Gasteiger partial charge in [0.2, 0.25) is 0 Å². The van der Waals surface area contributed by atoms with E-state index in [4.69, 9.17) is 0 Å². The van der Waals surface area contributed by atoms with E-state index in [-0.39, 0.29) is 11.1 Å². The first kappa shape index (κ1) is 20.2. The molecule has 146 valence electrons. The SMILES string of the molecule is CCn1ncc(C(=O)NNC(=O)c2cccc(OC(F)(F)C(F)F)c2)c1C. The van der Waals surface area contributed by atoms with Crippen molar-refractivity contribution >= 4 is 11.8 Å². The van der Waals surface area contributed by atoms with Gasteiger partial charge in [-0.3, -0.25) is 25.1 Å². The first-order chi connectivity index (χ1) is 12.7. The molecule has 0 unspecified atom stereocenters. The monoisotopic (exact) mass is 388 g/mol. The third-order valence-electron chi connectivity index (χ3n) is 3.54. The molecule has 1 aromatic carbocycles. The summed E-state index contributed by atoms with van der Waals surface area (Å²) in [6.45, 7) is 4.08. The van der Waals surface area contributed by atoms with Crippen LogP contribution in [0.5, 0.6) is 5.75 Å². The summed E-state index contributed by atoms with van der Waals surface area (Å²) >= 11 is 0. The van der Waals surface area contributed by atoms with Crippen molar-refractivity contribution in [2.75, 3.05) is 0 Å². The zero-order valence-electron chi connectivity index (χ0n) is 14.3. The molecule has 0 aliphatic rings. The molecule has 0 aliphatic heterocycles. The molecule has 0 radical (unpaired) electrons. The van der Waals surface area contributed by atoms with Crippen LogP contribution < -0.4 is 15.6 Å². The minimum absolute atomic E-state index is 0.182. The molecule has 2 aromatic rings. The third kappa shape index (κ3) is 4.74. The van der Waals surface area contributed by atoms with Crippen molar-refractivity contribution < 1.29 is 31.9 Å². The molecule has 0 bridgehead atoms. The lowest BCUT2D eigenvalue weighted by Gasteiger charge is -2.17. The summed E-state index contributed by atoms with van der Waals surface area (Å²) in [4.78, 5) is 24.1. The van der Waals surface area contributed by atoms with E-state index in [0.717, 1.165) is 12.1 Å². The summed E-state index contributed by atoms with van der Waals surface area (Å²) < 4.78 is 55.7. The Bertz CT molecular complexity index is 839. The van der Waals surface area contributed by atoms with E-state index in [0.29, 0.717) is 12.2 Å². The van der Waals surface area contributed by atoms with E-state index in [1.807, 2.05) is 6.92 Å². The number of hydrazine groups is 1. The lowest BCUT2D eigenvalue weighted by Crippen LogP contribution is -2.41. The fraction of sp³-hybridized carbons (Fsp3) is 0.312. The van der Waals surface area contributed by atoms with E-state index in [2.05, 4.69) is 20.7 Å². The van der Waals surface area contributed by atoms with Gasteiger partial charge in [-0.05, 0) is 32.0 Å². The van der Waals surface area contributed by atoms with Crippen LogP contribution in [0, 0.1) is 6.92 Å². The van der Waals surface area contributed by atoms with Gasteiger partial charge in [-0.1, -0.05) is 6.07 Å². The number of hydrogen-bond acceptors (Lipinski definition) is 4. The van der Waals surface area contributed by atoms with Crippen molar-refractivity contribution in [3.8, 4) is 5.75 Å². The number of nitrogens with zero attached hydrogens (tertiary/aromatic N) is 2. The van der Waals surface area contributed by atoms with Gasteiger partial charge < -0.3 is 4.74 Å². The quantitative estimate of drug-likeness (QED) is 0.588. The van der Waals surface area contributed by atoms with Crippen molar-refractivity contribution in [3.05, 3.63) is 47.3 Å². The molecule has 1 aromatic heterocycles. The lowest BCUT2D eigenvalue weighted by molar-refractivity contribution is -0.253. The second-order valence-electron chi connectivity index (χ2n) is 5.36. The Morgan fingerprint density at radius 2 is 1.93 bits per heavy atom. The normalized spacial score (nSPS) is 11.4. The van der Waals surface area contributed by atoms with Gasteiger partial charge in [0.15, 0.2) is 0 Å². The maximum absolute atomic E-state index is 12.9. The highest BCUT2D eigenvalue weighted by atomic mass is 19.3. The number of rotatable bonds is 6. The molecular formula is C16H16F4N4O3. The van der Waals surface area contributed by atoms with Gasteiger partial charge in [0, 0.05) is 17.8 Å². The average molecular weight is 388 g/mol. The van der Waals surface area contributed by atoms with Gasteiger partial charge in [-0.2, -0.15) is 22.7 Å². The van der Waals surface area contributed by atoms with Gasteiger partial charge in [-0.25, -0.2) is 0 Å². The number of alkyl halides is 4. The molecule has 0 aliphatic carbocycles. The predicted molar refractivity (Wildman–Crippen MR) is 85.6 cm³/mol. The number of aryl methyl sites for hydroxylation is 1. The van der Waals surface area contributed by atoms with Gasteiger partial charge in [0.25, 0.3) is 11.8 Å². The van der Waals surface area contributed by atoms with Crippen LogP contribution in [-0.4, -0.2) is 34.1 Å². The van der Waals surface area contributed by atoms with E-state index < -0.39 is 30.1 Å². The summed E-state index contributed by atoms with van der Waals surface area (Å²) in [5, 5.41) is 3.99. The molecule has 0 saturated carbocycles. The number of hydrogen-bond donors (Lipinski definition) is 2. The molecule has 0 saturated heterocycles. The Kier molecular flexibility index (Phi) is 6.03. The summed E-state index contributed by atoms with van der Waals surface area (Å²) in [5.41, 5.74) is 4.91. The smallest absolute Gasteiger partial charge is 0.428 e. The van der Waals surface area contributed by atoms with Crippen LogP contribution in [0.15, 0.2) is 30.5 Å². The Hall–Kier alpha value is -3.11. The average Bonchev–Trinajstić information content (AvgIpc) is 2.99. The molecule has 0 fully saturated rings. The number of amides is 2. The van der Waals surface area contributed by atoms with E-state index in [9.17, 15) is 27.2 Å². The van der Waals surface area contributed by atoms with Gasteiger partial charge in [0.1, 0.15) is 5.75 Å². The number of halogens is 4. The van der Waals surface area contributed by atoms with Gasteiger partial charge >= 0.3 is 12.5 Å². The molecule has 1 heterocycles. The first-order valence-electron chi connectivity index (χ1n) is 7.73. The minimum atomic E-state index is -4.69. The number of nitrogens with one attached hydrogen (secondary N) is 2. The summed E-state index contributed by atoms with van der Waals surface area (Å²) in [5.74, 6) is -2.11. The van der Waals surface area contributed by atoms with E-state index in [1.165, 1.54) is 18.3 Å². The number of benzene rings is 1. The van der Waals surface area contributed by atoms with Crippen LogP contribution in [0.2, 0.25) is 0 Å². The fourth-order valence-electron chi connectivity index (χ4n) is 2.14. The highest BCUT2D eigenvalue weighted by Crippen LogP contribution is 2.27. The molecule has 7 nitrogen and oxygen atoms in total. The zero-order valence-corrected chi connectivity index (χ0v) is 14.3. The molecule has 0 atom stereocenters. The van der Waals surface area contributed by atoms with Crippen LogP contribution in [0.1, 0.15) is 33.3 Å². The molecule has 2 rings (SSSR count). The minimum Gasteiger partial charge on any atom is -0.428 e. The molecular weight excluding hydrogens is 372 g/mol. The Labute approximate surface area is 151 Å². The number of carbonyl (C=O) groups excluding carboxylic acids is 2. The third-order valence-corrected chi connectivity index (χ3v) is 3.54. The first-order valence-corrected chi connectivity index (χ1v) is 7.73. The van der Waals surface area contributed by atoms with Crippen molar-refractivity contribution in [2.24, 2.45) is 0 Å². The Morgan fingerprint density at radius 1 is 1.26 bits per heavy atom. The van der Waals surface area contributed by atoms with Crippen LogP contribution in [0.25, 0.3) is 0 Å². The van der Waals surface area contributed by atoms with Crippen molar-refractivity contribution in [1.29, 1.82) is 0 Å². The lowest BCUT2D eigenvalue weighted by atomic mass is 10.2. The number of ether oxygens (including phenoxy) is 1. The van der Waals surface area contributed by atoms with Gasteiger partial charge in [0.05, 0.1) is 11.8 Å². The second-order valence-corrected chi connectivity index (χ2v) is 5.36. The largest absolute Gasteiger partial charge is 0.461 e. The highest BCUT2D eigenvalue weighted by molar-refractivity contribution is 5.99. The van der Waals surface area contributed by atoms with E-state index >= 15 is 0 Å². The van der Waals surface area contributed by atoms with Crippen LogP contribution >= 0.6 is 0 Å². The van der Waals surface area contributed by atoms with Crippen LogP contribution in [0.4, 0.5) is 17.6 Å². The fourth-order valence-corrected chi connectivity index (χ4v) is 2.14. The molecule has 0 spiro atoms. The second kappa shape index (κ2) is 8.06. The summed E-state index contributed by atoms with van der Waals surface area (Å²) in [6.07, 6.45) is -7.39.